The van der Waals surface area contributed by atoms with Gasteiger partial charge in [0, 0.05) is 47.9 Å². The molecule has 4 rings (SSSR count). The summed E-state index contributed by atoms with van der Waals surface area (Å²) in [6.45, 7) is 2.76. The number of nitrogens with zero attached hydrogens (tertiary/aromatic N) is 3. The lowest BCUT2D eigenvalue weighted by Gasteiger charge is -2.17. The monoisotopic (exact) mass is 408 g/mol. The smallest absolute Gasteiger partial charge is 0.251 e. The Morgan fingerprint density at radius 1 is 1.13 bits per heavy atom. The third-order valence-electron chi connectivity index (χ3n) is 5.21. The molecule has 5 nitrogen and oxygen atoms in total. The van der Waals surface area contributed by atoms with Crippen molar-refractivity contribution in [2.24, 2.45) is 10.4 Å². The fraction of sp³-hybridized carbons (Fsp3) is 0.192. The number of benzene rings is 2. The van der Waals surface area contributed by atoms with Crippen molar-refractivity contribution in [1.29, 1.82) is 0 Å². The molecule has 1 atom stereocenters. The minimum atomic E-state index is -0.101. The molecule has 1 aromatic heterocycles. The molecule has 1 aliphatic heterocycles. The second-order valence-electron chi connectivity index (χ2n) is 7.76. The number of hydrogen-bond donors (Lipinski definition) is 1. The van der Waals surface area contributed by atoms with E-state index in [4.69, 9.17) is 0 Å². The van der Waals surface area contributed by atoms with Crippen LogP contribution in [0.4, 0.5) is 0 Å². The summed E-state index contributed by atoms with van der Waals surface area (Å²) in [5, 5.41) is 7.33. The standard InChI is InChI=1S/C26H24N4O/c1-26(14-17-27-20-26)13-5-15-28-25(31)23-11-12-24(30-18-6-16-29-30)22(19-23)10-9-21-7-3-2-4-8-21/h2-4,6-8,11-12,14,16-20H,5,13,15H2,1H3,(H,28,31). The van der Waals surface area contributed by atoms with Gasteiger partial charge in [0.05, 0.1) is 11.3 Å². The van der Waals surface area contributed by atoms with Crippen molar-refractivity contribution in [2.45, 2.75) is 19.8 Å². The Labute approximate surface area is 182 Å². The highest BCUT2D eigenvalue weighted by Gasteiger charge is 2.20. The van der Waals surface area contributed by atoms with E-state index in [-0.39, 0.29) is 11.3 Å². The number of carbonyl (C=O) groups is 1. The zero-order valence-electron chi connectivity index (χ0n) is 17.5. The van der Waals surface area contributed by atoms with Gasteiger partial charge in [0.25, 0.3) is 5.91 Å². The molecule has 0 aliphatic carbocycles. The second kappa shape index (κ2) is 9.27. The fourth-order valence-corrected chi connectivity index (χ4v) is 3.44. The molecule has 1 amide bonds. The molecule has 0 saturated heterocycles. The molecular formula is C26H24N4O. The number of aliphatic imine (C=N–C) groups is 1. The minimum Gasteiger partial charge on any atom is -0.352 e. The first-order chi connectivity index (χ1) is 15.1. The maximum Gasteiger partial charge on any atom is 0.251 e. The highest BCUT2D eigenvalue weighted by molar-refractivity contribution is 5.95. The van der Waals surface area contributed by atoms with Crippen LogP contribution >= 0.6 is 0 Å². The predicted molar refractivity (Wildman–Crippen MR) is 123 cm³/mol. The van der Waals surface area contributed by atoms with Crippen LogP contribution in [-0.2, 0) is 0 Å². The summed E-state index contributed by atoms with van der Waals surface area (Å²) in [4.78, 5) is 16.9. The highest BCUT2D eigenvalue weighted by atomic mass is 16.1. The van der Waals surface area contributed by atoms with E-state index < -0.39 is 0 Å². The average molecular weight is 409 g/mol. The Morgan fingerprint density at radius 3 is 2.74 bits per heavy atom. The van der Waals surface area contributed by atoms with E-state index in [1.165, 1.54) is 0 Å². The van der Waals surface area contributed by atoms with E-state index in [1.54, 1.807) is 10.9 Å². The van der Waals surface area contributed by atoms with Crippen molar-refractivity contribution >= 4 is 12.1 Å². The van der Waals surface area contributed by atoms with Gasteiger partial charge in [0.2, 0.25) is 0 Å². The van der Waals surface area contributed by atoms with E-state index >= 15 is 0 Å². The van der Waals surface area contributed by atoms with Crippen LogP contribution in [0.5, 0.6) is 0 Å². The van der Waals surface area contributed by atoms with Crippen LogP contribution in [0, 0.1) is 17.3 Å². The molecule has 1 N–H and O–H groups in total. The molecule has 0 spiro atoms. The molecule has 0 bridgehead atoms. The van der Waals surface area contributed by atoms with Crippen molar-refractivity contribution in [3.63, 3.8) is 0 Å². The lowest BCUT2D eigenvalue weighted by atomic mass is 9.88. The molecule has 0 saturated carbocycles. The number of hydrogen-bond acceptors (Lipinski definition) is 3. The lowest BCUT2D eigenvalue weighted by molar-refractivity contribution is 0.0952. The Morgan fingerprint density at radius 2 is 2.00 bits per heavy atom. The summed E-state index contributed by atoms with van der Waals surface area (Å²) in [6.07, 6.45) is 11.3. The Hall–Kier alpha value is -3.91. The van der Waals surface area contributed by atoms with Crippen LogP contribution < -0.4 is 5.32 Å². The topological polar surface area (TPSA) is 59.3 Å². The first kappa shape index (κ1) is 20.4. The number of nitrogens with one attached hydrogen (secondary N) is 1. The van der Waals surface area contributed by atoms with Crippen molar-refractivity contribution in [3.8, 4) is 17.5 Å². The third kappa shape index (κ3) is 5.18. The van der Waals surface area contributed by atoms with E-state index in [9.17, 15) is 4.79 Å². The van der Waals surface area contributed by atoms with Gasteiger partial charge in [-0.25, -0.2) is 4.68 Å². The van der Waals surface area contributed by atoms with Crippen LogP contribution in [-0.4, -0.2) is 28.4 Å². The van der Waals surface area contributed by atoms with E-state index in [0.717, 1.165) is 29.7 Å². The molecule has 1 aliphatic rings. The second-order valence-corrected chi connectivity index (χ2v) is 7.76. The molecule has 154 valence electrons. The normalized spacial score (nSPS) is 16.7. The summed E-state index contributed by atoms with van der Waals surface area (Å²) in [5.74, 6) is 6.28. The molecular weight excluding hydrogens is 384 g/mol. The first-order valence-electron chi connectivity index (χ1n) is 10.3. The average Bonchev–Trinajstić information content (AvgIpc) is 3.48. The summed E-state index contributed by atoms with van der Waals surface area (Å²) >= 11 is 0. The molecule has 5 heteroatoms. The van der Waals surface area contributed by atoms with Gasteiger partial charge < -0.3 is 5.32 Å². The van der Waals surface area contributed by atoms with Gasteiger partial charge >= 0.3 is 0 Å². The number of carbonyl (C=O) groups excluding carboxylic acids is 1. The summed E-state index contributed by atoms with van der Waals surface area (Å²) < 4.78 is 1.76. The number of aromatic nitrogens is 2. The zero-order valence-corrected chi connectivity index (χ0v) is 17.5. The van der Waals surface area contributed by atoms with E-state index in [1.807, 2.05) is 73.2 Å². The molecule has 2 aromatic carbocycles. The van der Waals surface area contributed by atoms with Crippen LogP contribution in [0.2, 0.25) is 0 Å². The largest absolute Gasteiger partial charge is 0.352 e. The fourth-order valence-electron chi connectivity index (χ4n) is 3.44. The van der Waals surface area contributed by atoms with Crippen LogP contribution in [0.3, 0.4) is 0 Å². The maximum atomic E-state index is 12.7. The number of rotatable bonds is 6. The van der Waals surface area contributed by atoms with Gasteiger partial charge in [-0.3, -0.25) is 9.79 Å². The van der Waals surface area contributed by atoms with Gasteiger partial charge in [-0.2, -0.15) is 5.10 Å². The number of allylic oxidation sites excluding steroid dienone is 1. The third-order valence-corrected chi connectivity index (χ3v) is 5.21. The summed E-state index contributed by atoms with van der Waals surface area (Å²) in [6, 6.07) is 17.2. The van der Waals surface area contributed by atoms with Crippen molar-refractivity contribution in [3.05, 3.63) is 96.0 Å². The SMILES string of the molecule is CC1(CCCNC(=O)c2ccc(-n3cccn3)c(C#Cc3ccccc3)c2)C=CN=C1. The van der Waals surface area contributed by atoms with E-state index in [2.05, 4.69) is 40.2 Å². The molecule has 0 fully saturated rings. The Balaban J connectivity index is 1.49. The Kier molecular flexibility index (Phi) is 6.09. The van der Waals surface area contributed by atoms with Crippen LogP contribution in [0.25, 0.3) is 5.69 Å². The minimum absolute atomic E-state index is 0.00363. The molecule has 2 heterocycles. The lowest BCUT2D eigenvalue weighted by Crippen LogP contribution is -2.26. The van der Waals surface area contributed by atoms with Crippen molar-refractivity contribution in [1.82, 2.24) is 15.1 Å². The zero-order chi connectivity index (χ0) is 21.5. The van der Waals surface area contributed by atoms with E-state index in [0.29, 0.717) is 12.1 Å². The Bertz CT molecular complexity index is 1150. The summed E-state index contributed by atoms with van der Waals surface area (Å²) in [5.41, 5.74) is 3.09. The van der Waals surface area contributed by atoms with Gasteiger partial charge in [-0.1, -0.05) is 43.0 Å². The molecule has 31 heavy (non-hydrogen) atoms. The van der Waals surface area contributed by atoms with Gasteiger partial charge in [0.15, 0.2) is 0 Å². The maximum absolute atomic E-state index is 12.7. The van der Waals surface area contributed by atoms with Gasteiger partial charge in [-0.05, 0) is 49.2 Å². The molecule has 0 radical (unpaired) electrons. The van der Waals surface area contributed by atoms with Crippen molar-refractivity contribution in [2.75, 3.05) is 6.54 Å². The predicted octanol–water partition coefficient (Wildman–Crippen LogP) is 4.39. The van der Waals surface area contributed by atoms with Gasteiger partial charge in [0.1, 0.15) is 0 Å². The van der Waals surface area contributed by atoms with Crippen LogP contribution in [0.15, 0.2) is 84.3 Å². The quantitative estimate of drug-likeness (QED) is 0.486. The number of amides is 1. The molecule has 1 unspecified atom stereocenters. The first-order valence-corrected chi connectivity index (χ1v) is 10.3. The summed E-state index contributed by atoms with van der Waals surface area (Å²) in [7, 11) is 0. The van der Waals surface area contributed by atoms with Crippen molar-refractivity contribution < 1.29 is 4.79 Å². The van der Waals surface area contributed by atoms with Gasteiger partial charge in [-0.15, -0.1) is 0 Å². The van der Waals surface area contributed by atoms with Crippen LogP contribution in [0.1, 0.15) is 41.3 Å². The molecule has 3 aromatic rings. The highest BCUT2D eigenvalue weighted by Crippen LogP contribution is 2.26.